The van der Waals surface area contributed by atoms with Gasteiger partial charge in [0.05, 0.1) is 0 Å². The lowest BCUT2D eigenvalue weighted by Gasteiger charge is -2.43. The summed E-state index contributed by atoms with van der Waals surface area (Å²) in [6.07, 6.45) is 3.95. The van der Waals surface area contributed by atoms with Gasteiger partial charge in [0.15, 0.2) is 0 Å². The fourth-order valence-electron chi connectivity index (χ4n) is 2.67. The number of nitrogens with one attached hydrogen (secondary N) is 1. The molecular formula is C15H20ClNO. The van der Waals surface area contributed by atoms with Crippen LogP contribution in [0, 0.1) is 11.3 Å². The largest absolute Gasteiger partial charge is 0.396 e. The van der Waals surface area contributed by atoms with Crippen molar-refractivity contribution < 1.29 is 5.11 Å². The first-order valence-corrected chi connectivity index (χ1v) is 6.91. The van der Waals surface area contributed by atoms with E-state index in [4.69, 9.17) is 22.1 Å². The third kappa shape index (κ3) is 2.45. The molecule has 0 amide bonds. The molecule has 0 saturated heterocycles. The summed E-state index contributed by atoms with van der Waals surface area (Å²) in [5.41, 5.74) is 1.87. The van der Waals surface area contributed by atoms with Crippen molar-refractivity contribution in [1.29, 1.82) is 5.41 Å². The van der Waals surface area contributed by atoms with Crippen molar-refractivity contribution in [3.05, 3.63) is 34.9 Å². The molecule has 1 aromatic carbocycles. The first-order valence-electron chi connectivity index (χ1n) is 6.53. The number of benzene rings is 1. The topological polar surface area (TPSA) is 44.1 Å². The molecule has 18 heavy (non-hydrogen) atoms. The molecule has 2 nitrogen and oxygen atoms in total. The number of rotatable bonds is 5. The van der Waals surface area contributed by atoms with E-state index in [2.05, 4.69) is 0 Å². The van der Waals surface area contributed by atoms with Crippen LogP contribution in [-0.4, -0.2) is 17.4 Å². The van der Waals surface area contributed by atoms with Crippen LogP contribution in [0.5, 0.6) is 0 Å². The summed E-state index contributed by atoms with van der Waals surface area (Å²) in [6.45, 7) is 2.14. The zero-order valence-corrected chi connectivity index (χ0v) is 11.5. The van der Waals surface area contributed by atoms with Gasteiger partial charge in [0.25, 0.3) is 0 Å². The van der Waals surface area contributed by atoms with Crippen LogP contribution in [0.1, 0.15) is 38.2 Å². The van der Waals surface area contributed by atoms with Gasteiger partial charge in [-0.3, -0.25) is 0 Å². The normalized spacial score (nSPS) is 19.1. The Kier molecular flexibility index (Phi) is 4.08. The van der Waals surface area contributed by atoms with E-state index in [0.29, 0.717) is 6.42 Å². The number of aliphatic hydroxyl groups is 1. The number of hydrogen-bond acceptors (Lipinski definition) is 2. The predicted octanol–water partition coefficient (Wildman–Crippen LogP) is 3.80. The van der Waals surface area contributed by atoms with E-state index in [0.717, 1.165) is 23.6 Å². The molecule has 0 bridgehead atoms. The second kappa shape index (κ2) is 5.41. The highest BCUT2D eigenvalue weighted by atomic mass is 35.5. The Morgan fingerprint density at radius 3 is 2.44 bits per heavy atom. The van der Waals surface area contributed by atoms with Gasteiger partial charge in [0, 0.05) is 22.8 Å². The second-order valence-electron chi connectivity index (χ2n) is 5.41. The minimum absolute atomic E-state index is 0.0893. The van der Waals surface area contributed by atoms with E-state index < -0.39 is 0 Å². The van der Waals surface area contributed by atoms with Crippen LogP contribution in [0.25, 0.3) is 0 Å². The van der Waals surface area contributed by atoms with Gasteiger partial charge in [-0.05, 0) is 42.9 Å². The maximum Gasteiger partial charge on any atom is 0.0460 e. The highest BCUT2D eigenvalue weighted by Gasteiger charge is 2.42. The minimum atomic E-state index is -0.0893. The lowest BCUT2D eigenvalue weighted by atomic mass is 9.60. The summed E-state index contributed by atoms with van der Waals surface area (Å²) in [7, 11) is 0. The number of halogens is 1. The van der Waals surface area contributed by atoms with Crippen LogP contribution < -0.4 is 0 Å². The maximum absolute atomic E-state index is 9.13. The first kappa shape index (κ1) is 13.6. The van der Waals surface area contributed by atoms with Crippen molar-refractivity contribution in [2.75, 3.05) is 6.61 Å². The summed E-state index contributed by atoms with van der Waals surface area (Å²) in [4.78, 5) is 0. The van der Waals surface area contributed by atoms with Crippen LogP contribution in [-0.2, 0) is 5.41 Å². The van der Waals surface area contributed by atoms with Crippen molar-refractivity contribution in [1.82, 2.24) is 0 Å². The molecule has 1 aromatic rings. The fourth-order valence-corrected chi connectivity index (χ4v) is 2.80. The molecule has 2 rings (SSSR count). The molecule has 0 aliphatic heterocycles. The molecule has 0 aromatic heterocycles. The Bertz CT molecular complexity index is 423. The quantitative estimate of drug-likeness (QED) is 0.782. The molecule has 1 aliphatic rings. The molecule has 0 radical (unpaired) electrons. The summed E-state index contributed by atoms with van der Waals surface area (Å²) in [5.74, 6) is 0.169. The predicted molar refractivity (Wildman–Crippen MR) is 75.6 cm³/mol. The molecule has 1 fully saturated rings. The van der Waals surface area contributed by atoms with Crippen molar-refractivity contribution in [2.24, 2.45) is 5.92 Å². The molecule has 98 valence electrons. The van der Waals surface area contributed by atoms with Gasteiger partial charge in [0.2, 0.25) is 0 Å². The van der Waals surface area contributed by atoms with Gasteiger partial charge in [-0.15, -0.1) is 0 Å². The zero-order chi connectivity index (χ0) is 13.2. The SMILES string of the molecule is C[C@H](CO)CC(=N)C1(c2ccc(Cl)cc2)CCC1. The maximum atomic E-state index is 9.13. The van der Waals surface area contributed by atoms with E-state index in [1.54, 1.807) is 0 Å². The van der Waals surface area contributed by atoms with Crippen LogP contribution in [0.15, 0.2) is 24.3 Å². The van der Waals surface area contributed by atoms with E-state index in [1.165, 1.54) is 12.0 Å². The third-order valence-electron chi connectivity index (χ3n) is 4.05. The lowest BCUT2D eigenvalue weighted by molar-refractivity contribution is 0.236. The van der Waals surface area contributed by atoms with Crippen LogP contribution in [0.3, 0.4) is 0 Å². The molecule has 2 N–H and O–H groups in total. The molecule has 0 heterocycles. The smallest absolute Gasteiger partial charge is 0.0460 e. The molecule has 0 spiro atoms. The van der Waals surface area contributed by atoms with Gasteiger partial charge in [0.1, 0.15) is 0 Å². The van der Waals surface area contributed by atoms with E-state index in [-0.39, 0.29) is 17.9 Å². The van der Waals surface area contributed by atoms with Crippen molar-refractivity contribution in [2.45, 2.75) is 38.0 Å². The Morgan fingerprint density at radius 2 is 2.00 bits per heavy atom. The highest BCUT2D eigenvalue weighted by molar-refractivity contribution is 6.30. The van der Waals surface area contributed by atoms with E-state index in [9.17, 15) is 0 Å². The average Bonchev–Trinajstić information content (AvgIpc) is 2.30. The average molecular weight is 266 g/mol. The first-order chi connectivity index (χ1) is 8.58. The van der Waals surface area contributed by atoms with E-state index in [1.807, 2.05) is 31.2 Å². The zero-order valence-electron chi connectivity index (χ0n) is 10.7. The molecular weight excluding hydrogens is 246 g/mol. The Balaban J connectivity index is 2.20. The van der Waals surface area contributed by atoms with Gasteiger partial charge in [-0.2, -0.15) is 0 Å². The summed E-state index contributed by atoms with van der Waals surface area (Å²) in [6, 6.07) is 7.89. The van der Waals surface area contributed by atoms with Crippen molar-refractivity contribution in [3.8, 4) is 0 Å². The van der Waals surface area contributed by atoms with Gasteiger partial charge in [-0.25, -0.2) is 0 Å². The van der Waals surface area contributed by atoms with Gasteiger partial charge < -0.3 is 10.5 Å². The molecule has 1 saturated carbocycles. The third-order valence-corrected chi connectivity index (χ3v) is 4.30. The Labute approximate surface area is 113 Å². The van der Waals surface area contributed by atoms with Crippen molar-refractivity contribution >= 4 is 17.3 Å². The standard InChI is InChI=1S/C15H20ClNO/c1-11(10-18)9-14(17)15(7-2-8-15)12-3-5-13(16)6-4-12/h3-6,11,17-18H,2,7-10H2,1H3/t11-/m0/s1. The van der Waals surface area contributed by atoms with Crippen LogP contribution in [0.2, 0.25) is 5.02 Å². The molecule has 3 heteroatoms. The second-order valence-corrected chi connectivity index (χ2v) is 5.85. The molecule has 0 unspecified atom stereocenters. The van der Waals surface area contributed by atoms with Crippen LogP contribution in [0.4, 0.5) is 0 Å². The number of aliphatic hydroxyl groups excluding tert-OH is 1. The van der Waals surface area contributed by atoms with Gasteiger partial charge in [-0.1, -0.05) is 37.1 Å². The summed E-state index contributed by atoms with van der Waals surface area (Å²) >= 11 is 5.92. The monoisotopic (exact) mass is 265 g/mol. The van der Waals surface area contributed by atoms with Gasteiger partial charge >= 0.3 is 0 Å². The number of hydrogen-bond donors (Lipinski definition) is 2. The van der Waals surface area contributed by atoms with Crippen molar-refractivity contribution in [3.63, 3.8) is 0 Å². The fraction of sp³-hybridized carbons (Fsp3) is 0.533. The van der Waals surface area contributed by atoms with Crippen LogP contribution >= 0.6 is 11.6 Å². The lowest BCUT2D eigenvalue weighted by Crippen LogP contribution is -2.42. The Morgan fingerprint density at radius 1 is 1.39 bits per heavy atom. The Hall–Kier alpha value is -0.860. The molecule has 1 atom stereocenters. The highest BCUT2D eigenvalue weighted by Crippen LogP contribution is 2.46. The molecule has 1 aliphatic carbocycles. The van der Waals surface area contributed by atoms with E-state index >= 15 is 0 Å². The minimum Gasteiger partial charge on any atom is -0.396 e. The summed E-state index contributed by atoms with van der Waals surface area (Å²) in [5, 5.41) is 18.2. The summed E-state index contributed by atoms with van der Waals surface area (Å²) < 4.78 is 0.